The summed E-state index contributed by atoms with van der Waals surface area (Å²) in [5.41, 5.74) is 10.3. The van der Waals surface area contributed by atoms with Crippen molar-refractivity contribution in [3.63, 3.8) is 0 Å². The van der Waals surface area contributed by atoms with E-state index >= 15 is 0 Å². The first kappa shape index (κ1) is 16.8. The molecular weight excluding hydrogens is 328 g/mol. The molecule has 24 heavy (non-hydrogen) atoms. The molecule has 1 aliphatic heterocycles. The van der Waals surface area contributed by atoms with Gasteiger partial charge in [0.2, 0.25) is 10.0 Å². The molecule has 3 N–H and O–H groups in total. The fraction of sp³-hybridized carbons (Fsp3) is 0.438. The van der Waals surface area contributed by atoms with E-state index in [-0.39, 0.29) is 6.04 Å². The van der Waals surface area contributed by atoms with E-state index in [1.807, 2.05) is 32.0 Å². The van der Waals surface area contributed by atoms with Gasteiger partial charge in [-0.05, 0) is 38.0 Å². The maximum absolute atomic E-state index is 11.6. The van der Waals surface area contributed by atoms with Crippen molar-refractivity contribution in [2.24, 2.45) is 0 Å². The highest BCUT2D eigenvalue weighted by Crippen LogP contribution is 2.32. The molecule has 1 atom stereocenters. The largest absolute Gasteiger partial charge is 0.397 e. The van der Waals surface area contributed by atoms with Gasteiger partial charge in [-0.25, -0.2) is 12.7 Å². The van der Waals surface area contributed by atoms with Gasteiger partial charge in [0.1, 0.15) is 5.76 Å². The summed E-state index contributed by atoms with van der Waals surface area (Å²) >= 11 is 0. The number of rotatable bonds is 4. The van der Waals surface area contributed by atoms with Crippen LogP contribution in [0.3, 0.4) is 0 Å². The Morgan fingerprint density at radius 2 is 2.12 bits per heavy atom. The van der Waals surface area contributed by atoms with Crippen LogP contribution in [0.5, 0.6) is 0 Å². The molecule has 1 aromatic heterocycles. The smallest absolute Gasteiger partial charge is 0.211 e. The highest BCUT2D eigenvalue weighted by atomic mass is 32.2. The molecule has 3 rings (SSSR count). The lowest BCUT2D eigenvalue weighted by Gasteiger charge is -2.17. The van der Waals surface area contributed by atoms with Gasteiger partial charge in [0, 0.05) is 24.7 Å². The van der Waals surface area contributed by atoms with Gasteiger partial charge in [-0.2, -0.15) is 0 Å². The molecule has 1 aliphatic rings. The van der Waals surface area contributed by atoms with E-state index in [9.17, 15) is 8.42 Å². The third-order valence-corrected chi connectivity index (χ3v) is 5.62. The van der Waals surface area contributed by atoms with Crippen LogP contribution in [-0.4, -0.2) is 43.3 Å². The van der Waals surface area contributed by atoms with Crippen molar-refractivity contribution in [3.05, 3.63) is 29.7 Å². The van der Waals surface area contributed by atoms with Gasteiger partial charge in [0.05, 0.1) is 23.3 Å². The van der Waals surface area contributed by atoms with E-state index in [1.165, 1.54) is 10.6 Å². The normalized spacial score (nSPS) is 18.9. The molecule has 130 valence electrons. The standard InChI is InChI=1S/C16H22N4O3S/c1-10-16(11(2)23-19-10)12-4-5-15(14(17)8-12)18-13-6-7-20(9-13)24(3,21)22/h4-5,8,13,18H,6-7,9,17H2,1-3H3/t13-/m1/s1. The highest BCUT2D eigenvalue weighted by Gasteiger charge is 2.28. The number of nitrogen functional groups attached to an aromatic ring is 1. The molecule has 2 aromatic rings. The number of nitrogens with two attached hydrogens (primary N) is 1. The lowest BCUT2D eigenvalue weighted by atomic mass is 10.0. The first-order valence-electron chi connectivity index (χ1n) is 7.80. The van der Waals surface area contributed by atoms with Crippen molar-refractivity contribution in [3.8, 4) is 11.1 Å². The maximum Gasteiger partial charge on any atom is 0.211 e. The fourth-order valence-electron chi connectivity index (χ4n) is 3.11. The van der Waals surface area contributed by atoms with Crippen molar-refractivity contribution in [2.45, 2.75) is 26.3 Å². The van der Waals surface area contributed by atoms with Gasteiger partial charge >= 0.3 is 0 Å². The summed E-state index contributed by atoms with van der Waals surface area (Å²) in [7, 11) is -3.14. The minimum Gasteiger partial charge on any atom is -0.397 e. The molecule has 2 heterocycles. The summed E-state index contributed by atoms with van der Waals surface area (Å²) < 4.78 is 29.9. The number of nitrogens with one attached hydrogen (secondary N) is 1. The van der Waals surface area contributed by atoms with Crippen LogP contribution in [-0.2, 0) is 10.0 Å². The molecule has 0 bridgehead atoms. The molecule has 1 saturated heterocycles. The minimum atomic E-state index is -3.14. The molecule has 0 spiro atoms. The van der Waals surface area contributed by atoms with E-state index in [4.69, 9.17) is 10.3 Å². The van der Waals surface area contributed by atoms with Crippen LogP contribution < -0.4 is 11.1 Å². The summed E-state index contributed by atoms with van der Waals surface area (Å²) in [4.78, 5) is 0. The minimum absolute atomic E-state index is 0.0620. The first-order valence-corrected chi connectivity index (χ1v) is 9.65. The van der Waals surface area contributed by atoms with Crippen molar-refractivity contribution < 1.29 is 12.9 Å². The van der Waals surface area contributed by atoms with Crippen LogP contribution in [0.15, 0.2) is 22.7 Å². The molecule has 1 aromatic carbocycles. The predicted molar refractivity (Wildman–Crippen MR) is 94.3 cm³/mol. The summed E-state index contributed by atoms with van der Waals surface area (Å²) in [6, 6.07) is 5.83. The zero-order valence-electron chi connectivity index (χ0n) is 14.0. The van der Waals surface area contributed by atoms with Crippen LogP contribution in [0.1, 0.15) is 17.9 Å². The number of aryl methyl sites for hydroxylation is 2. The second-order valence-corrected chi connectivity index (χ2v) is 8.23. The lowest BCUT2D eigenvalue weighted by molar-refractivity contribution is 0.393. The molecule has 0 saturated carbocycles. The molecule has 0 aliphatic carbocycles. The Balaban J connectivity index is 1.77. The Morgan fingerprint density at radius 3 is 2.67 bits per heavy atom. The van der Waals surface area contributed by atoms with E-state index in [2.05, 4.69) is 10.5 Å². The molecular formula is C16H22N4O3S. The molecule has 7 nitrogen and oxygen atoms in total. The van der Waals surface area contributed by atoms with Gasteiger partial charge < -0.3 is 15.6 Å². The van der Waals surface area contributed by atoms with Crippen molar-refractivity contribution in [2.75, 3.05) is 30.4 Å². The van der Waals surface area contributed by atoms with Crippen LogP contribution in [0.25, 0.3) is 11.1 Å². The van der Waals surface area contributed by atoms with Gasteiger partial charge in [-0.15, -0.1) is 0 Å². The lowest BCUT2D eigenvalue weighted by Crippen LogP contribution is -2.30. The number of nitrogens with zero attached hydrogens (tertiary/aromatic N) is 2. The van der Waals surface area contributed by atoms with Crippen LogP contribution in [0, 0.1) is 13.8 Å². The second-order valence-electron chi connectivity index (χ2n) is 6.25. The fourth-order valence-corrected chi connectivity index (χ4v) is 4.00. The third kappa shape index (κ3) is 3.25. The highest BCUT2D eigenvalue weighted by molar-refractivity contribution is 7.88. The van der Waals surface area contributed by atoms with E-state index in [0.29, 0.717) is 18.8 Å². The van der Waals surface area contributed by atoms with E-state index in [1.54, 1.807) is 0 Å². The van der Waals surface area contributed by atoms with Crippen LogP contribution in [0.4, 0.5) is 11.4 Å². The van der Waals surface area contributed by atoms with Gasteiger partial charge in [-0.3, -0.25) is 0 Å². The average Bonchev–Trinajstić information content (AvgIpc) is 3.08. The van der Waals surface area contributed by atoms with Gasteiger partial charge in [0.25, 0.3) is 0 Å². The topological polar surface area (TPSA) is 101 Å². The SMILES string of the molecule is Cc1noc(C)c1-c1ccc(N[C@@H]2CCN(S(C)(=O)=O)C2)c(N)c1. The number of aromatic nitrogens is 1. The number of anilines is 2. The Hall–Kier alpha value is -2.06. The summed E-state index contributed by atoms with van der Waals surface area (Å²) in [5.74, 6) is 0.757. The van der Waals surface area contributed by atoms with E-state index in [0.717, 1.165) is 34.7 Å². The van der Waals surface area contributed by atoms with E-state index < -0.39 is 10.0 Å². The Morgan fingerprint density at radius 1 is 1.38 bits per heavy atom. The zero-order chi connectivity index (χ0) is 17.5. The third-order valence-electron chi connectivity index (χ3n) is 4.35. The van der Waals surface area contributed by atoms with Crippen molar-refractivity contribution in [1.82, 2.24) is 9.46 Å². The molecule has 0 amide bonds. The number of benzene rings is 1. The Bertz CT molecular complexity index is 841. The number of hydrogen-bond donors (Lipinski definition) is 2. The molecule has 0 unspecified atom stereocenters. The Kier molecular flexibility index (Phi) is 4.27. The maximum atomic E-state index is 11.6. The molecule has 8 heteroatoms. The number of sulfonamides is 1. The van der Waals surface area contributed by atoms with Crippen molar-refractivity contribution >= 4 is 21.4 Å². The Labute approximate surface area is 141 Å². The first-order chi connectivity index (χ1) is 11.3. The zero-order valence-corrected chi connectivity index (χ0v) is 14.9. The molecule has 0 radical (unpaired) electrons. The van der Waals surface area contributed by atoms with Crippen molar-refractivity contribution in [1.29, 1.82) is 0 Å². The summed E-state index contributed by atoms with van der Waals surface area (Å²) in [5, 5.41) is 7.31. The average molecular weight is 350 g/mol. The number of hydrogen-bond acceptors (Lipinski definition) is 6. The van der Waals surface area contributed by atoms with Crippen LogP contribution >= 0.6 is 0 Å². The second kappa shape index (κ2) is 6.10. The quantitative estimate of drug-likeness (QED) is 0.818. The van der Waals surface area contributed by atoms with Crippen LogP contribution in [0.2, 0.25) is 0 Å². The predicted octanol–water partition coefficient (Wildman–Crippen LogP) is 1.99. The van der Waals surface area contributed by atoms with Gasteiger partial charge in [-0.1, -0.05) is 11.2 Å². The monoisotopic (exact) mass is 350 g/mol. The summed E-state index contributed by atoms with van der Waals surface area (Å²) in [6.45, 7) is 4.76. The summed E-state index contributed by atoms with van der Waals surface area (Å²) in [6.07, 6.45) is 2.00. The molecule has 1 fully saturated rings. The van der Waals surface area contributed by atoms with Gasteiger partial charge in [0.15, 0.2) is 0 Å².